The molecule has 1 fully saturated rings. The van der Waals surface area contributed by atoms with Crippen LogP contribution in [0.25, 0.3) is 0 Å². The van der Waals surface area contributed by atoms with Gasteiger partial charge in [-0.25, -0.2) is 0 Å². The molecule has 0 N–H and O–H groups in total. The van der Waals surface area contributed by atoms with Crippen molar-refractivity contribution in [1.82, 2.24) is 4.98 Å². The summed E-state index contributed by atoms with van der Waals surface area (Å²) in [5, 5.41) is 10.9. The van der Waals surface area contributed by atoms with Gasteiger partial charge in [-0.1, -0.05) is 0 Å². The van der Waals surface area contributed by atoms with E-state index in [4.69, 9.17) is 14.2 Å². The summed E-state index contributed by atoms with van der Waals surface area (Å²) in [5.41, 5.74) is 0.187. The van der Waals surface area contributed by atoms with Crippen molar-refractivity contribution in [3.63, 3.8) is 0 Å². The van der Waals surface area contributed by atoms with E-state index in [1.165, 1.54) is 19.2 Å². The molecule has 8 nitrogen and oxygen atoms in total. The highest BCUT2D eigenvalue weighted by molar-refractivity contribution is 5.65. The normalized spacial score (nSPS) is 22.2. The molecule has 1 aromatic heterocycles. The van der Waals surface area contributed by atoms with Crippen molar-refractivity contribution in [2.24, 2.45) is 5.92 Å². The van der Waals surface area contributed by atoms with E-state index in [1.54, 1.807) is 0 Å². The topological polar surface area (TPSA) is 101 Å². The van der Waals surface area contributed by atoms with Crippen LogP contribution in [0.1, 0.15) is 18.8 Å². The summed E-state index contributed by atoms with van der Waals surface area (Å²) in [6.45, 7) is 2.14. The first-order valence-corrected chi connectivity index (χ1v) is 6.02. The number of ether oxygens (including phenoxy) is 3. The van der Waals surface area contributed by atoms with Crippen LogP contribution in [-0.4, -0.2) is 35.7 Å². The number of rotatable bonds is 4. The summed E-state index contributed by atoms with van der Waals surface area (Å²) >= 11 is 0. The van der Waals surface area contributed by atoms with Crippen LogP contribution in [0.4, 0.5) is 5.69 Å². The number of esters is 1. The number of carbonyl (C=O) groups excluding carboxylic acids is 1. The van der Waals surface area contributed by atoms with Gasteiger partial charge in [0, 0.05) is 19.0 Å². The van der Waals surface area contributed by atoms with Gasteiger partial charge in [0.05, 0.1) is 30.3 Å². The standard InChI is InChI=1S/C12H14N2O6/c1-8(15)18-5-9-6-19-12(20-7-9)10-2-3-13-4-11(10)14(16)17/h2-4,9,12H,5-7H2,1H3. The molecule has 20 heavy (non-hydrogen) atoms. The Kier molecular flexibility index (Phi) is 4.59. The lowest BCUT2D eigenvalue weighted by molar-refractivity contribution is -0.388. The average Bonchev–Trinajstić information content (AvgIpc) is 2.45. The summed E-state index contributed by atoms with van der Waals surface area (Å²) in [7, 11) is 0. The Morgan fingerprint density at radius 2 is 2.25 bits per heavy atom. The molecule has 0 amide bonds. The van der Waals surface area contributed by atoms with Gasteiger partial charge in [-0.15, -0.1) is 0 Å². The Bertz CT molecular complexity index is 498. The van der Waals surface area contributed by atoms with Gasteiger partial charge < -0.3 is 14.2 Å². The SMILES string of the molecule is CC(=O)OCC1COC(c2ccncc2[N+](=O)[O-])OC1. The second-order valence-corrected chi connectivity index (χ2v) is 4.36. The molecular weight excluding hydrogens is 268 g/mol. The van der Waals surface area contributed by atoms with Crippen LogP contribution in [0.2, 0.25) is 0 Å². The van der Waals surface area contributed by atoms with E-state index in [-0.39, 0.29) is 24.2 Å². The summed E-state index contributed by atoms with van der Waals surface area (Å²) < 4.78 is 15.8. The molecule has 8 heteroatoms. The second-order valence-electron chi connectivity index (χ2n) is 4.36. The van der Waals surface area contributed by atoms with E-state index in [9.17, 15) is 14.9 Å². The van der Waals surface area contributed by atoms with Gasteiger partial charge in [0.2, 0.25) is 0 Å². The maximum atomic E-state index is 10.9. The monoisotopic (exact) mass is 282 g/mol. The molecule has 1 aliphatic heterocycles. The van der Waals surface area contributed by atoms with Crippen LogP contribution >= 0.6 is 0 Å². The number of carbonyl (C=O) groups is 1. The third-order valence-corrected chi connectivity index (χ3v) is 2.77. The van der Waals surface area contributed by atoms with Gasteiger partial charge >= 0.3 is 5.97 Å². The van der Waals surface area contributed by atoms with Crippen LogP contribution in [0.3, 0.4) is 0 Å². The Hall–Kier alpha value is -2.06. The number of nitro groups is 1. The van der Waals surface area contributed by atoms with Gasteiger partial charge in [-0.05, 0) is 6.07 Å². The summed E-state index contributed by atoms with van der Waals surface area (Å²) in [4.78, 5) is 24.8. The van der Waals surface area contributed by atoms with Gasteiger partial charge in [0.25, 0.3) is 5.69 Å². The number of nitrogens with zero attached hydrogens (tertiary/aromatic N) is 2. The highest BCUT2D eigenvalue weighted by Crippen LogP contribution is 2.30. The van der Waals surface area contributed by atoms with Crippen LogP contribution in [-0.2, 0) is 19.0 Å². The molecular formula is C12H14N2O6. The van der Waals surface area contributed by atoms with Crippen molar-refractivity contribution in [1.29, 1.82) is 0 Å². The third-order valence-electron chi connectivity index (χ3n) is 2.77. The lowest BCUT2D eigenvalue weighted by atomic mass is 10.1. The average molecular weight is 282 g/mol. The van der Waals surface area contributed by atoms with Crippen molar-refractivity contribution in [3.05, 3.63) is 34.1 Å². The largest absolute Gasteiger partial charge is 0.465 e. The first kappa shape index (κ1) is 14.4. The molecule has 2 rings (SSSR count). The minimum absolute atomic E-state index is 0.0731. The maximum Gasteiger partial charge on any atom is 0.302 e. The Balaban J connectivity index is 1.97. The van der Waals surface area contributed by atoms with Crippen LogP contribution in [0.5, 0.6) is 0 Å². The Labute approximate surface area is 114 Å². The number of aromatic nitrogens is 1. The van der Waals surface area contributed by atoms with E-state index < -0.39 is 11.2 Å². The molecule has 108 valence electrons. The van der Waals surface area contributed by atoms with E-state index in [2.05, 4.69) is 4.98 Å². The predicted molar refractivity (Wildman–Crippen MR) is 65.7 cm³/mol. The predicted octanol–water partition coefficient (Wildman–Crippen LogP) is 1.21. The molecule has 0 aliphatic carbocycles. The number of hydrogen-bond acceptors (Lipinski definition) is 7. The zero-order chi connectivity index (χ0) is 14.5. The van der Waals surface area contributed by atoms with Crippen LogP contribution < -0.4 is 0 Å². The highest BCUT2D eigenvalue weighted by Gasteiger charge is 2.29. The molecule has 1 saturated heterocycles. The molecule has 1 aromatic rings. The molecule has 1 aliphatic rings. The van der Waals surface area contributed by atoms with Crippen LogP contribution in [0, 0.1) is 16.0 Å². The second kappa shape index (κ2) is 6.40. The Morgan fingerprint density at radius 3 is 2.85 bits per heavy atom. The smallest absolute Gasteiger partial charge is 0.302 e. The molecule has 0 radical (unpaired) electrons. The minimum Gasteiger partial charge on any atom is -0.465 e. The molecule has 2 heterocycles. The van der Waals surface area contributed by atoms with Gasteiger partial charge in [0.1, 0.15) is 6.20 Å². The lowest BCUT2D eigenvalue weighted by Gasteiger charge is -2.28. The van der Waals surface area contributed by atoms with E-state index in [1.807, 2.05) is 0 Å². The first-order valence-electron chi connectivity index (χ1n) is 6.02. The van der Waals surface area contributed by atoms with Gasteiger partial charge in [-0.3, -0.25) is 19.9 Å². The maximum absolute atomic E-state index is 10.9. The first-order chi connectivity index (χ1) is 9.58. The van der Waals surface area contributed by atoms with Gasteiger partial charge in [0.15, 0.2) is 6.29 Å². The fourth-order valence-electron chi connectivity index (χ4n) is 1.80. The lowest BCUT2D eigenvalue weighted by Crippen LogP contribution is -2.31. The highest BCUT2D eigenvalue weighted by atomic mass is 16.7. The van der Waals surface area contributed by atoms with E-state index in [0.29, 0.717) is 18.8 Å². The van der Waals surface area contributed by atoms with E-state index in [0.717, 1.165) is 6.20 Å². The summed E-state index contributed by atoms with van der Waals surface area (Å²) in [6, 6.07) is 1.50. The van der Waals surface area contributed by atoms with E-state index >= 15 is 0 Å². The fraction of sp³-hybridized carbons (Fsp3) is 0.500. The van der Waals surface area contributed by atoms with Crippen molar-refractivity contribution in [2.75, 3.05) is 19.8 Å². The third kappa shape index (κ3) is 3.49. The molecule has 0 unspecified atom stereocenters. The van der Waals surface area contributed by atoms with Crippen molar-refractivity contribution in [3.8, 4) is 0 Å². The molecule has 0 atom stereocenters. The van der Waals surface area contributed by atoms with Crippen molar-refractivity contribution >= 4 is 11.7 Å². The van der Waals surface area contributed by atoms with Crippen LogP contribution in [0.15, 0.2) is 18.5 Å². The zero-order valence-electron chi connectivity index (χ0n) is 10.9. The zero-order valence-corrected chi connectivity index (χ0v) is 10.9. The summed E-state index contributed by atoms with van der Waals surface area (Å²) in [5.74, 6) is -0.437. The Morgan fingerprint density at radius 1 is 1.55 bits per heavy atom. The minimum atomic E-state index is -0.799. The summed E-state index contributed by atoms with van der Waals surface area (Å²) in [6.07, 6.45) is 1.81. The van der Waals surface area contributed by atoms with Crippen molar-refractivity contribution in [2.45, 2.75) is 13.2 Å². The fourth-order valence-corrected chi connectivity index (χ4v) is 1.80. The molecule has 0 spiro atoms. The quantitative estimate of drug-likeness (QED) is 0.464. The molecule has 0 bridgehead atoms. The molecule has 0 saturated carbocycles. The number of pyridine rings is 1. The van der Waals surface area contributed by atoms with Gasteiger partial charge in [-0.2, -0.15) is 0 Å². The van der Waals surface area contributed by atoms with Crippen molar-refractivity contribution < 1.29 is 23.9 Å². The molecule has 0 aromatic carbocycles. The number of hydrogen-bond donors (Lipinski definition) is 0.